The first-order chi connectivity index (χ1) is 24.7. The second-order valence-corrected chi connectivity index (χ2v) is 12.6. The Morgan fingerprint density at radius 1 is 0.480 bits per heavy atom. The lowest BCUT2D eigenvalue weighted by molar-refractivity contribution is 0.669. The van der Waals surface area contributed by atoms with Gasteiger partial charge in [0.1, 0.15) is 11.2 Å². The summed E-state index contributed by atoms with van der Waals surface area (Å²) in [6.45, 7) is 2.03. The Hall–Kier alpha value is -6.58. The number of para-hydroxylation sites is 3. The number of furan rings is 1. The molecule has 0 fully saturated rings. The predicted octanol–water partition coefficient (Wildman–Crippen LogP) is 13.4. The van der Waals surface area contributed by atoms with Crippen LogP contribution < -0.4 is 4.90 Å². The van der Waals surface area contributed by atoms with Crippen molar-refractivity contribution < 1.29 is 4.42 Å². The minimum absolute atomic E-state index is 0.885. The molecule has 3 nitrogen and oxygen atoms in total. The molecule has 0 aliphatic carbocycles. The van der Waals surface area contributed by atoms with Crippen molar-refractivity contribution in [2.24, 2.45) is 0 Å². The van der Waals surface area contributed by atoms with Gasteiger partial charge >= 0.3 is 0 Å². The van der Waals surface area contributed by atoms with Crippen LogP contribution in [0.4, 0.5) is 17.1 Å². The molecule has 50 heavy (non-hydrogen) atoms. The molecule has 3 heteroatoms. The van der Waals surface area contributed by atoms with E-state index < -0.39 is 0 Å². The van der Waals surface area contributed by atoms with Gasteiger partial charge in [-0.05, 0) is 96.4 Å². The number of allylic oxidation sites excluding steroid dienone is 3. The van der Waals surface area contributed by atoms with Crippen molar-refractivity contribution in [3.05, 3.63) is 188 Å². The van der Waals surface area contributed by atoms with E-state index in [2.05, 4.69) is 173 Å². The zero-order valence-electron chi connectivity index (χ0n) is 27.7. The summed E-state index contributed by atoms with van der Waals surface area (Å²) in [4.78, 5) is 2.36. The molecule has 0 aliphatic rings. The van der Waals surface area contributed by atoms with Crippen LogP contribution >= 0.6 is 0 Å². The second-order valence-electron chi connectivity index (χ2n) is 12.6. The van der Waals surface area contributed by atoms with Gasteiger partial charge in [0, 0.05) is 44.3 Å². The molecule has 0 amide bonds. The molecule has 0 aliphatic heterocycles. The number of hydrogen-bond donors (Lipinski definition) is 0. The summed E-state index contributed by atoms with van der Waals surface area (Å²) in [5.74, 6) is 0. The van der Waals surface area contributed by atoms with E-state index in [0.717, 1.165) is 44.7 Å². The van der Waals surface area contributed by atoms with E-state index in [0.29, 0.717) is 0 Å². The summed E-state index contributed by atoms with van der Waals surface area (Å²) in [6, 6.07) is 58.5. The van der Waals surface area contributed by atoms with Crippen LogP contribution in [-0.2, 0) is 0 Å². The van der Waals surface area contributed by atoms with Gasteiger partial charge in [0.15, 0.2) is 0 Å². The van der Waals surface area contributed by atoms with Gasteiger partial charge in [0.05, 0.1) is 11.0 Å². The molecule has 0 radical (unpaired) electrons. The van der Waals surface area contributed by atoms with E-state index in [9.17, 15) is 0 Å². The second kappa shape index (κ2) is 12.5. The highest BCUT2D eigenvalue weighted by atomic mass is 16.3. The van der Waals surface area contributed by atoms with Crippen molar-refractivity contribution in [3.8, 4) is 16.8 Å². The number of rotatable bonds is 7. The SMILES string of the molecule is C/C=C\C=C/c1ccc(-c2ccc(N(c3ccc4oc5ccccc5c4c3)c3ccc4c(c3)c3ccccc3n4-c3ccccc3)cc2)cc1. The lowest BCUT2D eigenvalue weighted by atomic mass is 10.0. The summed E-state index contributed by atoms with van der Waals surface area (Å²) < 4.78 is 8.58. The molecule has 0 saturated carbocycles. The highest BCUT2D eigenvalue weighted by Crippen LogP contribution is 2.42. The van der Waals surface area contributed by atoms with E-state index in [1.807, 2.05) is 31.2 Å². The van der Waals surface area contributed by atoms with E-state index in [-0.39, 0.29) is 0 Å². The Kier molecular flexibility index (Phi) is 7.37. The number of fused-ring (bicyclic) bond motifs is 6. The number of nitrogens with zero attached hydrogens (tertiary/aromatic N) is 2. The lowest BCUT2D eigenvalue weighted by Gasteiger charge is -2.26. The molecule has 0 saturated heterocycles. The number of anilines is 3. The molecule has 7 aromatic carbocycles. The summed E-state index contributed by atoms with van der Waals surface area (Å²) in [6.07, 6.45) is 8.27. The molecule has 238 valence electrons. The third-order valence-electron chi connectivity index (χ3n) is 9.51. The van der Waals surface area contributed by atoms with E-state index >= 15 is 0 Å². The van der Waals surface area contributed by atoms with Gasteiger partial charge < -0.3 is 13.9 Å². The van der Waals surface area contributed by atoms with E-state index in [1.54, 1.807) is 0 Å². The third-order valence-corrected chi connectivity index (χ3v) is 9.51. The molecular formula is C47H34N2O. The molecule has 9 aromatic rings. The van der Waals surface area contributed by atoms with Crippen LogP contribution in [0, 0.1) is 0 Å². The van der Waals surface area contributed by atoms with Crippen LogP contribution in [0.5, 0.6) is 0 Å². The number of benzene rings is 7. The summed E-state index contributed by atoms with van der Waals surface area (Å²) >= 11 is 0. The maximum Gasteiger partial charge on any atom is 0.135 e. The largest absolute Gasteiger partial charge is 0.456 e. The summed E-state index contributed by atoms with van der Waals surface area (Å²) in [5.41, 5.74) is 12.1. The van der Waals surface area contributed by atoms with Gasteiger partial charge in [0.2, 0.25) is 0 Å². The van der Waals surface area contributed by atoms with Crippen LogP contribution in [0.1, 0.15) is 12.5 Å². The first kappa shape index (κ1) is 29.6. The first-order valence-corrected chi connectivity index (χ1v) is 17.1. The van der Waals surface area contributed by atoms with E-state index in [4.69, 9.17) is 4.42 Å². The topological polar surface area (TPSA) is 21.3 Å². The third kappa shape index (κ3) is 5.17. The Morgan fingerprint density at radius 2 is 1.08 bits per heavy atom. The Morgan fingerprint density at radius 3 is 1.86 bits per heavy atom. The van der Waals surface area contributed by atoms with Gasteiger partial charge in [-0.25, -0.2) is 0 Å². The Balaban J connectivity index is 1.19. The molecule has 0 atom stereocenters. The highest BCUT2D eigenvalue weighted by Gasteiger charge is 2.19. The Labute approximate surface area is 291 Å². The average molecular weight is 643 g/mol. The van der Waals surface area contributed by atoms with E-state index in [1.165, 1.54) is 38.5 Å². The molecule has 2 heterocycles. The fourth-order valence-electron chi connectivity index (χ4n) is 7.12. The van der Waals surface area contributed by atoms with Crippen molar-refractivity contribution in [1.29, 1.82) is 0 Å². The standard InChI is InChI=1S/C47H34N2O/c1-2-3-5-12-33-19-21-34(22-20-33)35-23-25-37(26-24-35)48(39-28-30-47-43(32-39)41-16-9-11-18-46(41)50-47)38-27-29-45-42(31-38)40-15-8-10-17-44(40)49(45)36-13-6-4-7-14-36/h2-32H,1H3/b3-2-,12-5-. The molecular weight excluding hydrogens is 609 g/mol. The molecule has 0 unspecified atom stereocenters. The van der Waals surface area contributed by atoms with Gasteiger partial charge in [-0.3, -0.25) is 0 Å². The van der Waals surface area contributed by atoms with Crippen LogP contribution in [-0.4, -0.2) is 4.57 Å². The summed E-state index contributed by atoms with van der Waals surface area (Å²) in [5, 5.41) is 4.65. The van der Waals surface area contributed by atoms with Crippen LogP contribution in [0.25, 0.3) is 66.6 Å². The average Bonchev–Trinajstić information content (AvgIpc) is 3.71. The maximum absolute atomic E-state index is 6.22. The van der Waals surface area contributed by atoms with Crippen molar-refractivity contribution >= 4 is 66.9 Å². The Bertz CT molecular complexity index is 2690. The van der Waals surface area contributed by atoms with Gasteiger partial charge in [0.25, 0.3) is 0 Å². The number of hydrogen-bond acceptors (Lipinski definition) is 2. The zero-order valence-corrected chi connectivity index (χ0v) is 27.7. The van der Waals surface area contributed by atoms with Gasteiger partial charge in [-0.2, -0.15) is 0 Å². The fraction of sp³-hybridized carbons (Fsp3) is 0.0213. The van der Waals surface area contributed by atoms with Crippen molar-refractivity contribution in [2.45, 2.75) is 6.92 Å². The smallest absolute Gasteiger partial charge is 0.135 e. The zero-order chi connectivity index (χ0) is 33.4. The molecule has 0 N–H and O–H groups in total. The molecule has 0 spiro atoms. The van der Waals surface area contributed by atoms with Crippen molar-refractivity contribution in [1.82, 2.24) is 4.57 Å². The fourth-order valence-corrected chi connectivity index (χ4v) is 7.12. The molecule has 9 rings (SSSR count). The van der Waals surface area contributed by atoms with Crippen LogP contribution in [0.3, 0.4) is 0 Å². The minimum atomic E-state index is 0.885. The highest BCUT2D eigenvalue weighted by molar-refractivity contribution is 6.11. The monoisotopic (exact) mass is 642 g/mol. The van der Waals surface area contributed by atoms with Gasteiger partial charge in [-0.15, -0.1) is 0 Å². The van der Waals surface area contributed by atoms with Crippen LogP contribution in [0.2, 0.25) is 0 Å². The van der Waals surface area contributed by atoms with Gasteiger partial charge in [-0.1, -0.05) is 115 Å². The van der Waals surface area contributed by atoms with Crippen molar-refractivity contribution in [3.63, 3.8) is 0 Å². The number of aromatic nitrogens is 1. The lowest BCUT2D eigenvalue weighted by Crippen LogP contribution is -2.09. The predicted molar refractivity (Wildman–Crippen MR) is 212 cm³/mol. The summed E-state index contributed by atoms with van der Waals surface area (Å²) in [7, 11) is 0. The molecule has 2 aromatic heterocycles. The minimum Gasteiger partial charge on any atom is -0.456 e. The normalized spacial score (nSPS) is 11.9. The molecule has 0 bridgehead atoms. The maximum atomic E-state index is 6.22. The quantitative estimate of drug-likeness (QED) is 0.161. The first-order valence-electron chi connectivity index (χ1n) is 17.1. The van der Waals surface area contributed by atoms with Crippen molar-refractivity contribution in [2.75, 3.05) is 4.90 Å². The van der Waals surface area contributed by atoms with Crippen LogP contribution in [0.15, 0.2) is 186 Å².